The lowest BCUT2D eigenvalue weighted by Gasteiger charge is -2.09. The molecule has 0 aliphatic rings. The third-order valence-electron chi connectivity index (χ3n) is 2.83. The molecule has 5 nitrogen and oxygen atoms in total. The van der Waals surface area contributed by atoms with Crippen molar-refractivity contribution in [2.24, 2.45) is 0 Å². The Labute approximate surface area is 122 Å². The highest BCUT2D eigenvalue weighted by molar-refractivity contribution is 6.06. The Morgan fingerprint density at radius 1 is 1.38 bits per heavy atom. The normalized spacial score (nSPS) is 9.62. The van der Waals surface area contributed by atoms with Gasteiger partial charge in [-0.2, -0.15) is 0 Å². The van der Waals surface area contributed by atoms with Crippen LogP contribution in [0.1, 0.15) is 21.5 Å². The largest absolute Gasteiger partial charge is 0.505 e. The predicted octanol–water partition coefficient (Wildman–Crippen LogP) is 1.69. The fraction of sp³-hybridized carbons (Fsp3) is 0.125. The molecule has 0 bridgehead atoms. The Hall–Kier alpha value is -2.84. The monoisotopic (exact) mass is 282 g/mol. The topological polar surface area (TPSA) is 82.5 Å². The molecule has 106 valence electrons. The van der Waals surface area contributed by atoms with Gasteiger partial charge in [-0.25, -0.2) is 0 Å². The summed E-state index contributed by atoms with van der Waals surface area (Å²) in [7, 11) is 0. The zero-order valence-corrected chi connectivity index (χ0v) is 11.4. The van der Waals surface area contributed by atoms with Crippen molar-refractivity contribution in [3.63, 3.8) is 0 Å². The Morgan fingerprint density at radius 2 is 2.19 bits per heavy atom. The highest BCUT2D eigenvalue weighted by Crippen LogP contribution is 2.20. The quantitative estimate of drug-likeness (QED) is 0.732. The molecular formula is C16H14N2O3. The minimum absolute atomic E-state index is 0.161. The van der Waals surface area contributed by atoms with Crippen LogP contribution in [-0.4, -0.2) is 27.7 Å². The summed E-state index contributed by atoms with van der Waals surface area (Å²) in [5.74, 6) is 4.78. The van der Waals surface area contributed by atoms with Gasteiger partial charge >= 0.3 is 0 Å². The van der Waals surface area contributed by atoms with Crippen molar-refractivity contribution in [2.45, 2.75) is 6.92 Å². The van der Waals surface area contributed by atoms with Crippen molar-refractivity contribution in [3.8, 4) is 17.6 Å². The highest BCUT2D eigenvalue weighted by Gasteiger charge is 2.11. The van der Waals surface area contributed by atoms with Crippen molar-refractivity contribution < 1.29 is 15.0 Å². The molecular weight excluding hydrogens is 268 g/mol. The average molecular weight is 282 g/mol. The number of aromatic hydroxyl groups is 1. The van der Waals surface area contributed by atoms with E-state index in [1.807, 2.05) is 13.0 Å². The van der Waals surface area contributed by atoms with E-state index in [4.69, 9.17) is 5.11 Å². The number of aliphatic hydroxyl groups excluding tert-OH is 1. The van der Waals surface area contributed by atoms with Crippen molar-refractivity contribution in [1.29, 1.82) is 0 Å². The predicted molar refractivity (Wildman–Crippen MR) is 79.0 cm³/mol. The molecule has 0 atom stereocenters. The molecule has 21 heavy (non-hydrogen) atoms. The zero-order valence-electron chi connectivity index (χ0n) is 11.4. The molecule has 1 aromatic heterocycles. The van der Waals surface area contributed by atoms with Crippen LogP contribution in [0.4, 0.5) is 5.69 Å². The molecule has 1 aromatic carbocycles. The number of nitrogens with zero attached hydrogens (tertiary/aromatic N) is 1. The van der Waals surface area contributed by atoms with Gasteiger partial charge in [0, 0.05) is 17.4 Å². The highest BCUT2D eigenvalue weighted by atomic mass is 16.3. The maximum Gasteiger partial charge on any atom is 0.259 e. The van der Waals surface area contributed by atoms with Crippen LogP contribution in [0, 0.1) is 18.8 Å². The van der Waals surface area contributed by atoms with Gasteiger partial charge in [0.05, 0.1) is 11.8 Å². The van der Waals surface area contributed by atoms with Gasteiger partial charge in [-0.3, -0.25) is 9.78 Å². The minimum atomic E-state index is -0.410. The fourth-order valence-corrected chi connectivity index (χ4v) is 1.79. The molecule has 0 radical (unpaired) electrons. The van der Waals surface area contributed by atoms with Crippen molar-refractivity contribution in [3.05, 3.63) is 53.3 Å². The number of nitrogens with one attached hydrogen (secondary N) is 1. The third kappa shape index (κ3) is 3.59. The van der Waals surface area contributed by atoms with Gasteiger partial charge in [-0.1, -0.05) is 11.8 Å². The Morgan fingerprint density at radius 3 is 2.86 bits per heavy atom. The molecule has 0 saturated heterocycles. The Kier molecular flexibility index (Phi) is 4.54. The van der Waals surface area contributed by atoms with Gasteiger partial charge in [0.1, 0.15) is 12.4 Å². The SMILES string of the molecule is Cc1cc(C#CCO)ccc1NC(=O)c1ccncc1O. The van der Waals surface area contributed by atoms with Crippen LogP contribution >= 0.6 is 0 Å². The maximum absolute atomic E-state index is 12.1. The van der Waals surface area contributed by atoms with E-state index in [0.29, 0.717) is 5.69 Å². The average Bonchev–Trinajstić information content (AvgIpc) is 2.48. The summed E-state index contributed by atoms with van der Waals surface area (Å²) >= 11 is 0. The lowest BCUT2D eigenvalue weighted by Crippen LogP contribution is -2.13. The second-order valence-electron chi connectivity index (χ2n) is 4.34. The fourth-order valence-electron chi connectivity index (χ4n) is 1.79. The van der Waals surface area contributed by atoms with E-state index < -0.39 is 5.91 Å². The summed E-state index contributed by atoms with van der Waals surface area (Å²) in [4.78, 5) is 15.8. The molecule has 2 aromatic rings. The number of carbonyl (C=O) groups excluding carboxylic acids is 1. The summed E-state index contributed by atoms with van der Waals surface area (Å²) in [5, 5.41) is 21.0. The molecule has 0 spiro atoms. The van der Waals surface area contributed by atoms with Crippen molar-refractivity contribution in [1.82, 2.24) is 4.98 Å². The van der Waals surface area contributed by atoms with Crippen LogP contribution in [0.5, 0.6) is 5.75 Å². The lowest BCUT2D eigenvalue weighted by atomic mass is 10.1. The number of carbonyl (C=O) groups is 1. The van der Waals surface area contributed by atoms with Crippen molar-refractivity contribution in [2.75, 3.05) is 11.9 Å². The molecule has 1 heterocycles. The van der Waals surface area contributed by atoms with E-state index >= 15 is 0 Å². The first-order chi connectivity index (χ1) is 10.1. The summed E-state index contributed by atoms with van der Waals surface area (Å²) < 4.78 is 0. The maximum atomic E-state index is 12.1. The zero-order chi connectivity index (χ0) is 15.2. The van der Waals surface area contributed by atoms with Crippen LogP contribution in [-0.2, 0) is 0 Å². The molecule has 0 aliphatic carbocycles. The van der Waals surface area contributed by atoms with E-state index in [0.717, 1.165) is 11.1 Å². The number of benzene rings is 1. The molecule has 3 N–H and O–H groups in total. The first-order valence-corrected chi connectivity index (χ1v) is 6.26. The van der Waals surface area contributed by atoms with Crippen LogP contribution in [0.25, 0.3) is 0 Å². The number of rotatable bonds is 2. The third-order valence-corrected chi connectivity index (χ3v) is 2.83. The van der Waals surface area contributed by atoms with Gasteiger partial charge in [0.15, 0.2) is 0 Å². The van der Waals surface area contributed by atoms with Crippen LogP contribution < -0.4 is 5.32 Å². The van der Waals surface area contributed by atoms with Crippen LogP contribution in [0.2, 0.25) is 0 Å². The number of anilines is 1. The van der Waals surface area contributed by atoms with Gasteiger partial charge in [0.2, 0.25) is 0 Å². The molecule has 0 aliphatic heterocycles. The molecule has 1 amide bonds. The van der Waals surface area contributed by atoms with Gasteiger partial charge in [0.25, 0.3) is 5.91 Å². The molecule has 5 heteroatoms. The molecule has 0 saturated carbocycles. The van der Waals surface area contributed by atoms with E-state index in [-0.39, 0.29) is 17.9 Å². The minimum Gasteiger partial charge on any atom is -0.505 e. The van der Waals surface area contributed by atoms with E-state index in [9.17, 15) is 9.90 Å². The van der Waals surface area contributed by atoms with Crippen LogP contribution in [0.3, 0.4) is 0 Å². The smallest absolute Gasteiger partial charge is 0.259 e. The summed E-state index contributed by atoms with van der Waals surface area (Å²) in [6, 6.07) is 6.73. The number of hydrogen-bond acceptors (Lipinski definition) is 4. The second kappa shape index (κ2) is 6.55. The summed E-state index contributed by atoms with van der Waals surface area (Å²) in [5.41, 5.74) is 2.38. The number of aromatic nitrogens is 1. The first kappa shape index (κ1) is 14.6. The number of pyridine rings is 1. The lowest BCUT2D eigenvalue weighted by molar-refractivity contribution is 0.102. The Balaban J connectivity index is 2.20. The number of aliphatic hydroxyl groups is 1. The number of amides is 1. The number of aryl methyl sites for hydroxylation is 1. The molecule has 2 rings (SSSR count). The van der Waals surface area contributed by atoms with Crippen molar-refractivity contribution >= 4 is 11.6 Å². The van der Waals surface area contributed by atoms with Crippen LogP contribution in [0.15, 0.2) is 36.7 Å². The van der Waals surface area contributed by atoms with Gasteiger partial charge in [-0.05, 0) is 36.8 Å². The molecule has 0 unspecified atom stereocenters. The van der Waals surface area contributed by atoms with Gasteiger partial charge in [-0.15, -0.1) is 0 Å². The van der Waals surface area contributed by atoms with E-state index in [2.05, 4.69) is 22.1 Å². The van der Waals surface area contributed by atoms with Gasteiger partial charge < -0.3 is 15.5 Å². The van der Waals surface area contributed by atoms with E-state index in [1.165, 1.54) is 18.5 Å². The molecule has 0 fully saturated rings. The van der Waals surface area contributed by atoms with E-state index in [1.54, 1.807) is 12.1 Å². The Bertz CT molecular complexity index is 730. The second-order valence-corrected chi connectivity index (χ2v) is 4.34. The summed E-state index contributed by atoms with van der Waals surface area (Å²) in [6.07, 6.45) is 2.66. The number of hydrogen-bond donors (Lipinski definition) is 3. The standard InChI is InChI=1S/C16H14N2O3/c1-11-9-12(3-2-8-19)4-5-14(11)18-16(21)13-6-7-17-10-15(13)20/h4-7,9-10,19-20H,8H2,1H3,(H,18,21). The summed E-state index contributed by atoms with van der Waals surface area (Å²) in [6.45, 7) is 1.64. The first-order valence-electron chi connectivity index (χ1n) is 6.26.